The fourth-order valence-corrected chi connectivity index (χ4v) is 3.17. The van der Waals surface area contributed by atoms with Gasteiger partial charge in [0.15, 0.2) is 0 Å². The molecule has 0 aromatic heterocycles. The molecular formula is C11H15BrN2O2S. The van der Waals surface area contributed by atoms with Gasteiger partial charge in [0.2, 0.25) is 5.91 Å². The molecule has 6 heteroatoms. The smallest absolute Gasteiger partial charge is 0.233 e. The first-order valence-corrected chi connectivity index (χ1v) is 7.24. The van der Waals surface area contributed by atoms with Gasteiger partial charge in [-0.05, 0) is 48.0 Å². The van der Waals surface area contributed by atoms with E-state index in [0.717, 1.165) is 0 Å². The summed E-state index contributed by atoms with van der Waals surface area (Å²) in [6.07, 6.45) is 0. The first-order valence-electron chi connectivity index (χ1n) is 5.13. The number of carbonyl (C=O) groups excluding carboxylic acids is 1. The van der Waals surface area contributed by atoms with Gasteiger partial charge in [0.05, 0.1) is 15.7 Å². The van der Waals surface area contributed by atoms with Crippen molar-refractivity contribution in [2.24, 2.45) is 0 Å². The number of halogens is 1. The van der Waals surface area contributed by atoms with Gasteiger partial charge in [-0.1, -0.05) is 0 Å². The van der Waals surface area contributed by atoms with Crippen molar-refractivity contribution in [1.82, 2.24) is 5.32 Å². The summed E-state index contributed by atoms with van der Waals surface area (Å²) in [6.45, 7) is 3.72. The molecule has 94 valence electrons. The van der Waals surface area contributed by atoms with E-state index in [9.17, 15) is 9.00 Å². The summed E-state index contributed by atoms with van der Waals surface area (Å²) in [5.74, 6) is -0.261. The van der Waals surface area contributed by atoms with E-state index in [4.69, 9.17) is 5.73 Å². The van der Waals surface area contributed by atoms with E-state index in [1.54, 1.807) is 18.2 Å². The number of benzene rings is 1. The van der Waals surface area contributed by atoms with Crippen LogP contribution in [-0.4, -0.2) is 21.9 Å². The highest BCUT2D eigenvalue weighted by Gasteiger charge is 2.13. The average Bonchev–Trinajstić information content (AvgIpc) is 2.15. The number of nitrogens with one attached hydrogen (secondary N) is 1. The Bertz CT molecular complexity index is 449. The molecule has 1 amide bonds. The Morgan fingerprint density at radius 1 is 1.53 bits per heavy atom. The molecule has 3 N–H and O–H groups in total. The molecule has 0 spiro atoms. The number of anilines is 1. The molecule has 0 radical (unpaired) electrons. The van der Waals surface area contributed by atoms with Gasteiger partial charge in [-0.15, -0.1) is 0 Å². The Morgan fingerprint density at radius 3 is 2.71 bits per heavy atom. The third kappa shape index (κ3) is 4.47. The number of hydrogen-bond acceptors (Lipinski definition) is 3. The number of nitrogen functional groups attached to an aromatic ring is 1. The normalized spacial score (nSPS) is 12.5. The fourth-order valence-electron chi connectivity index (χ4n) is 1.26. The van der Waals surface area contributed by atoms with E-state index >= 15 is 0 Å². The molecule has 0 bridgehead atoms. The number of amides is 1. The lowest BCUT2D eigenvalue weighted by molar-refractivity contribution is -0.119. The van der Waals surface area contributed by atoms with Gasteiger partial charge in [-0.2, -0.15) is 0 Å². The summed E-state index contributed by atoms with van der Waals surface area (Å²) < 4.78 is 12.6. The maximum atomic E-state index is 11.9. The van der Waals surface area contributed by atoms with Crippen molar-refractivity contribution in [3.63, 3.8) is 0 Å². The zero-order chi connectivity index (χ0) is 13.0. The predicted molar refractivity (Wildman–Crippen MR) is 73.1 cm³/mol. The van der Waals surface area contributed by atoms with Crippen molar-refractivity contribution in [1.29, 1.82) is 0 Å². The van der Waals surface area contributed by atoms with Crippen molar-refractivity contribution in [3.8, 4) is 0 Å². The molecule has 1 atom stereocenters. The van der Waals surface area contributed by atoms with Crippen LogP contribution in [0.25, 0.3) is 0 Å². The van der Waals surface area contributed by atoms with Crippen molar-refractivity contribution in [3.05, 3.63) is 22.7 Å². The molecule has 0 saturated carbocycles. The van der Waals surface area contributed by atoms with Gasteiger partial charge in [0, 0.05) is 16.2 Å². The molecule has 0 heterocycles. The van der Waals surface area contributed by atoms with Crippen LogP contribution in [0.5, 0.6) is 0 Å². The van der Waals surface area contributed by atoms with Crippen LogP contribution in [0.1, 0.15) is 13.8 Å². The van der Waals surface area contributed by atoms with Gasteiger partial charge >= 0.3 is 0 Å². The number of hydrogen-bond donors (Lipinski definition) is 2. The quantitative estimate of drug-likeness (QED) is 0.829. The minimum atomic E-state index is -1.36. The minimum absolute atomic E-state index is 0.0410. The number of carbonyl (C=O) groups is 1. The third-order valence-corrected chi connectivity index (χ3v) is 4.20. The van der Waals surface area contributed by atoms with Crippen LogP contribution < -0.4 is 11.1 Å². The molecule has 17 heavy (non-hydrogen) atoms. The first kappa shape index (κ1) is 14.2. The van der Waals surface area contributed by atoms with Crippen molar-refractivity contribution in [2.45, 2.75) is 24.8 Å². The zero-order valence-corrected chi connectivity index (χ0v) is 12.1. The monoisotopic (exact) mass is 318 g/mol. The predicted octanol–water partition coefficient (Wildman–Crippen LogP) is 1.66. The summed E-state index contributed by atoms with van der Waals surface area (Å²) in [5.41, 5.74) is 6.17. The number of nitrogens with two attached hydrogens (primary N) is 1. The fraction of sp³-hybridized carbons (Fsp3) is 0.364. The molecule has 1 aromatic rings. The topological polar surface area (TPSA) is 72.2 Å². The summed E-state index contributed by atoms with van der Waals surface area (Å²) in [5, 5.41) is 2.70. The molecule has 0 aliphatic heterocycles. The molecule has 1 rings (SSSR count). The molecule has 4 nitrogen and oxygen atoms in total. The molecule has 1 unspecified atom stereocenters. The van der Waals surface area contributed by atoms with Gasteiger partial charge in [-0.3, -0.25) is 9.00 Å². The largest absolute Gasteiger partial charge is 0.399 e. The molecule has 0 aliphatic rings. The van der Waals surface area contributed by atoms with Gasteiger partial charge in [0.25, 0.3) is 0 Å². The van der Waals surface area contributed by atoms with Crippen LogP contribution in [-0.2, 0) is 15.6 Å². The molecular weight excluding hydrogens is 304 g/mol. The summed E-state index contributed by atoms with van der Waals surface area (Å²) in [6, 6.07) is 5.05. The maximum Gasteiger partial charge on any atom is 0.233 e. The van der Waals surface area contributed by atoms with Crippen LogP contribution in [0.15, 0.2) is 27.6 Å². The molecule has 0 fully saturated rings. The second-order valence-electron chi connectivity index (χ2n) is 3.90. The van der Waals surface area contributed by atoms with Crippen LogP contribution in [0.4, 0.5) is 5.69 Å². The van der Waals surface area contributed by atoms with E-state index in [1.807, 2.05) is 13.8 Å². The van der Waals surface area contributed by atoms with Crippen LogP contribution in [0, 0.1) is 0 Å². The Balaban J connectivity index is 2.73. The van der Waals surface area contributed by atoms with Crippen molar-refractivity contribution >= 4 is 38.3 Å². The van der Waals surface area contributed by atoms with Crippen molar-refractivity contribution in [2.75, 3.05) is 11.5 Å². The van der Waals surface area contributed by atoms with Crippen molar-refractivity contribution < 1.29 is 9.00 Å². The highest BCUT2D eigenvalue weighted by Crippen LogP contribution is 2.23. The van der Waals surface area contributed by atoms with Gasteiger partial charge < -0.3 is 11.1 Å². The first-order chi connectivity index (χ1) is 7.90. The molecule has 0 saturated heterocycles. The second-order valence-corrected chi connectivity index (χ2v) is 6.18. The van der Waals surface area contributed by atoms with E-state index in [1.165, 1.54) is 0 Å². The van der Waals surface area contributed by atoms with E-state index in [2.05, 4.69) is 21.2 Å². The maximum absolute atomic E-state index is 11.9. The third-order valence-electron chi connectivity index (χ3n) is 1.91. The lowest BCUT2D eigenvalue weighted by Crippen LogP contribution is -2.33. The Labute approximate surface area is 112 Å². The van der Waals surface area contributed by atoms with Gasteiger partial charge in [-0.25, -0.2) is 0 Å². The van der Waals surface area contributed by atoms with Crippen LogP contribution in [0.2, 0.25) is 0 Å². The lowest BCUT2D eigenvalue weighted by atomic mass is 10.3. The summed E-state index contributed by atoms with van der Waals surface area (Å²) in [7, 11) is -1.36. The van der Waals surface area contributed by atoms with Gasteiger partial charge in [0.1, 0.15) is 5.75 Å². The van der Waals surface area contributed by atoms with Crippen LogP contribution >= 0.6 is 15.9 Å². The Kier molecular flexibility index (Phi) is 5.14. The molecule has 0 aliphatic carbocycles. The summed E-state index contributed by atoms with van der Waals surface area (Å²) in [4.78, 5) is 12.1. The van der Waals surface area contributed by atoms with E-state index < -0.39 is 10.8 Å². The SMILES string of the molecule is CC(C)NC(=O)CS(=O)c1ccc(N)cc1Br. The van der Waals surface area contributed by atoms with E-state index in [-0.39, 0.29) is 17.7 Å². The lowest BCUT2D eigenvalue weighted by Gasteiger charge is -2.09. The highest BCUT2D eigenvalue weighted by molar-refractivity contribution is 9.10. The summed E-state index contributed by atoms with van der Waals surface area (Å²) >= 11 is 3.28. The van der Waals surface area contributed by atoms with Crippen LogP contribution in [0.3, 0.4) is 0 Å². The number of rotatable bonds is 4. The zero-order valence-electron chi connectivity index (χ0n) is 9.70. The Morgan fingerprint density at radius 2 is 2.18 bits per heavy atom. The standard InChI is InChI=1S/C11H15BrN2O2S/c1-7(2)14-11(15)6-17(16)10-4-3-8(13)5-9(10)12/h3-5,7H,6,13H2,1-2H3,(H,14,15). The average molecular weight is 319 g/mol. The van der Waals surface area contributed by atoms with E-state index in [0.29, 0.717) is 15.1 Å². The minimum Gasteiger partial charge on any atom is -0.399 e. The molecule has 1 aromatic carbocycles. The Hall–Kier alpha value is -0.880. The highest BCUT2D eigenvalue weighted by atomic mass is 79.9. The second kappa shape index (κ2) is 6.16.